The molecule has 0 radical (unpaired) electrons. The Labute approximate surface area is 218 Å². The molecule has 3 aromatic rings. The van der Waals surface area contributed by atoms with Crippen molar-refractivity contribution in [2.24, 2.45) is 5.92 Å². The van der Waals surface area contributed by atoms with Crippen LogP contribution in [0, 0.1) is 18.7 Å². The number of halogens is 1. The summed E-state index contributed by atoms with van der Waals surface area (Å²) in [5.41, 5.74) is 4.75. The largest absolute Gasteiger partial charge is 0.441 e. The Bertz CT molecular complexity index is 1230. The fourth-order valence-corrected chi connectivity index (χ4v) is 5.57. The summed E-state index contributed by atoms with van der Waals surface area (Å²) in [6, 6.07) is 13.0. The molecule has 1 aliphatic heterocycles. The van der Waals surface area contributed by atoms with Gasteiger partial charge < -0.3 is 14.6 Å². The van der Waals surface area contributed by atoms with Crippen LogP contribution in [0.4, 0.5) is 4.39 Å². The number of hydrogen-bond acceptors (Lipinski definition) is 4. The summed E-state index contributed by atoms with van der Waals surface area (Å²) in [5, 5.41) is 3.14. The van der Waals surface area contributed by atoms with Crippen molar-refractivity contribution in [1.29, 1.82) is 0 Å². The maximum atomic E-state index is 13.0. The molecule has 1 aromatic heterocycles. The normalized spacial score (nSPS) is 20.5. The molecule has 1 N–H and O–H groups in total. The van der Waals surface area contributed by atoms with E-state index in [0.717, 1.165) is 68.1 Å². The first kappa shape index (κ1) is 25.4. The van der Waals surface area contributed by atoms with Crippen molar-refractivity contribution >= 4 is 12.0 Å². The quantitative estimate of drug-likeness (QED) is 0.406. The summed E-state index contributed by atoms with van der Waals surface area (Å²) in [5.74, 6) is 1.93. The van der Waals surface area contributed by atoms with Gasteiger partial charge in [-0.2, -0.15) is 0 Å². The highest BCUT2D eigenvalue weighted by atomic mass is 19.1. The molecule has 0 spiro atoms. The zero-order valence-electron chi connectivity index (χ0n) is 21.6. The standard InChI is InChI=1S/C31H36FN3O2/c1-22-21-33-31(37-22)27-8-7-25-15-18-35(19-16-26(25)20-27)17-14-24-4-11-29(12-5-24)34-30(36)13-6-23-2-9-28(32)10-3-23/h2-3,6-10,13,20-21,24,29H,4-5,11-12,14-19H2,1H3,(H,34,36)/b13-6+. The van der Waals surface area contributed by atoms with Crippen LogP contribution in [0.15, 0.2) is 59.2 Å². The SMILES string of the molecule is Cc1cnc(-c2ccc3c(c2)CCN(CCC2CCC(NC(=O)/C=C/c4ccc(F)cc4)CC2)CC3)o1. The van der Waals surface area contributed by atoms with E-state index in [1.165, 1.54) is 42.5 Å². The molecule has 1 aliphatic carbocycles. The summed E-state index contributed by atoms with van der Waals surface area (Å²) in [7, 11) is 0. The molecule has 37 heavy (non-hydrogen) atoms. The molecular formula is C31H36FN3O2. The van der Waals surface area contributed by atoms with Gasteiger partial charge in [-0.05, 0) is 111 Å². The van der Waals surface area contributed by atoms with E-state index in [-0.39, 0.29) is 17.8 Å². The Morgan fingerprint density at radius 1 is 1.08 bits per heavy atom. The topological polar surface area (TPSA) is 58.4 Å². The van der Waals surface area contributed by atoms with Gasteiger partial charge in [-0.1, -0.05) is 18.2 Å². The lowest BCUT2D eigenvalue weighted by Gasteiger charge is -2.30. The Kier molecular flexibility index (Phi) is 8.15. The number of carbonyl (C=O) groups is 1. The maximum absolute atomic E-state index is 13.0. The average Bonchev–Trinajstić information content (AvgIpc) is 3.24. The third-order valence-corrected chi connectivity index (χ3v) is 7.81. The van der Waals surface area contributed by atoms with Gasteiger partial charge in [0.25, 0.3) is 0 Å². The third-order valence-electron chi connectivity index (χ3n) is 7.81. The van der Waals surface area contributed by atoms with E-state index in [1.807, 2.05) is 6.92 Å². The molecular weight excluding hydrogens is 465 g/mol. The minimum Gasteiger partial charge on any atom is -0.441 e. The molecule has 0 saturated heterocycles. The number of hydrogen-bond donors (Lipinski definition) is 1. The lowest BCUT2D eigenvalue weighted by molar-refractivity contribution is -0.117. The van der Waals surface area contributed by atoms with E-state index in [2.05, 4.69) is 33.4 Å². The molecule has 194 valence electrons. The van der Waals surface area contributed by atoms with Crippen molar-refractivity contribution in [3.05, 3.63) is 83.0 Å². The van der Waals surface area contributed by atoms with Gasteiger partial charge in [0.05, 0.1) is 6.20 Å². The molecule has 0 unspecified atom stereocenters. The molecule has 2 aromatic carbocycles. The second-order valence-corrected chi connectivity index (χ2v) is 10.5. The number of benzene rings is 2. The molecule has 0 atom stereocenters. The van der Waals surface area contributed by atoms with Crippen molar-refractivity contribution in [3.8, 4) is 11.5 Å². The number of carbonyl (C=O) groups excluding carboxylic acids is 1. The molecule has 0 bridgehead atoms. The summed E-state index contributed by atoms with van der Waals surface area (Å²) >= 11 is 0. The fraction of sp³-hybridized carbons (Fsp3) is 0.419. The number of aryl methyl sites for hydroxylation is 1. The second-order valence-electron chi connectivity index (χ2n) is 10.5. The number of amides is 1. The predicted molar refractivity (Wildman–Crippen MR) is 144 cm³/mol. The molecule has 6 heteroatoms. The van der Waals surface area contributed by atoms with Crippen LogP contribution < -0.4 is 5.32 Å². The maximum Gasteiger partial charge on any atom is 0.244 e. The van der Waals surface area contributed by atoms with Crippen LogP contribution in [-0.2, 0) is 17.6 Å². The number of fused-ring (bicyclic) bond motifs is 1. The van der Waals surface area contributed by atoms with Crippen molar-refractivity contribution in [2.45, 2.75) is 57.9 Å². The predicted octanol–water partition coefficient (Wildman–Crippen LogP) is 5.97. The molecule has 1 saturated carbocycles. The van der Waals surface area contributed by atoms with Crippen LogP contribution in [0.1, 0.15) is 54.6 Å². The number of oxazole rings is 1. The van der Waals surface area contributed by atoms with E-state index in [1.54, 1.807) is 30.5 Å². The van der Waals surface area contributed by atoms with Crippen LogP contribution in [0.2, 0.25) is 0 Å². The molecule has 5 rings (SSSR count). The Morgan fingerprint density at radius 2 is 1.84 bits per heavy atom. The summed E-state index contributed by atoms with van der Waals surface area (Å²) in [6.07, 6.45) is 12.8. The number of rotatable bonds is 7. The van der Waals surface area contributed by atoms with Crippen LogP contribution in [0.25, 0.3) is 17.5 Å². The first-order valence-corrected chi connectivity index (χ1v) is 13.5. The summed E-state index contributed by atoms with van der Waals surface area (Å²) < 4.78 is 18.7. The minimum absolute atomic E-state index is 0.0713. The molecule has 5 nitrogen and oxygen atoms in total. The first-order valence-electron chi connectivity index (χ1n) is 13.5. The Morgan fingerprint density at radius 3 is 2.57 bits per heavy atom. The van der Waals surface area contributed by atoms with Gasteiger partial charge in [0.1, 0.15) is 11.6 Å². The van der Waals surface area contributed by atoms with Crippen molar-refractivity contribution in [1.82, 2.24) is 15.2 Å². The lowest BCUT2D eigenvalue weighted by Crippen LogP contribution is -2.37. The third kappa shape index (κ3) is 6.95. The molecule has 2 heterocycles. The van der Waals surface area contributed by atoms with E-state index in [0.29, 0.717) is 5.89 Å². The highest BCUT2D eigenvalue weighted by molar-refractivity contribution is 5.91. The van der Waals surface area contributed by atoms with Gasteiger partial charge >= 0.3 is 0 Å². The second kappa shape index (κ2) is 11.9. The zero-order chi connectivity index (χ0) is 25.6. The van der Waals surface area contributed by atoms with Crippen LogP contribution in [0.5, 0.6) is 0 Å². The first-order chi connectivity index (χ1) is 18.0. The fourth-order valence-electron chi connectivity index (χ4n) is 5.57. The van der Waals surface area contributed by atoms with E-state index in [4.69, 9.17) is 4.42 Å². The highest BCUT2D eigenvalue weighted by Crippen LogP contribution is 2.28. The van der Waals surface area contributed by atoms with Crippen molar-refractivity contribution < 1.29 is 13.6 Å². The zero-order valence-corrected chi connectivity index (χ0v) is 21.6. The van der Waals surface area contributed by atoms with E-state index >= 15 is 0 Å². The molecule has 1 fully saturated rings. The molecule has 1 amide bonds. The minimum atomic E-state index is -0.271. The average molecular weight is 502 g/mol. The van der Waals surface area contributed by atoms with Gasteiger partial charge in [-0.15, -0.1) is 0 Å². The summed E-state index contributed by atoms with van der Waals surface area (Å²) in [6.45, 7) is 5.26. The van der Waals surface area contributed by atoms with Gasteiger partial charge in [-0.3, -0.25) is 4.79 Å². The summed E-state index contributed by atoms with van der Waals surface area (Å²) in [4.78, 5) is 19.3. The highest BCUT2D eigenvalue weighted by Gasteiger charge is 2.23. The number of aromatic nitrogens is 1. The van der Waals surface area contributed by atoms with Crippen LogP contribution in [0.3, 0.4) is 0 Å². The van der Waals surface area contributed by atoms with Crippen molar-refractivity contribution in [3.63, 3.8) is 0 Å². The van der Waals surface area contributed by atoms with Gasteiger partial charge in [0.15, 0.2) is 0 Å². The van der Waals surface area contributed by atoms with Gasteiger partial charge in [0, 0.05) is 30.8 Å². The van der Waals surface area contributed by atoms with E-state index < -0.39 is 0 Å². The van der Waals surface area contributed by atoms with Gasteiger partial charge in [0.2, 0.25) is 11.8 Å². The lowest BCUT2D eigenvalue weighted by atomic mass is 9.84. The van der Waals surface area contributed by atoms with Crippen LogP contribution in [-0.4, -0.2) is 41.5 Å². The number of nitrogens with one attached hydrogen (secondary N) is 1. The smallest absolute Gasteiger partial charge is 0.244 e. The Balaban J connectivity index is 1.03. The Hall–Kier alpha value is -3.25. The van der Waals surface area contributed by atoms with Crippen LogP contribution >= 0.6 is 0 Å². The molecule has 2 aliphatic rings. The van der Waals surface area contributed by atoms with Crippen molar-refractivity contribution in [2.75, 3.05) is 19.6 Å². The van der Waals surface area contributed by atoms with Gasteiger partial charge in [-0.25, -0.2) is 9.37 Å². The number of nitrogens with zero attached hydrogens (tertiary/aromatic N) is 2. The monoisotopic (exact) mass is 501 g/mol. The van der Waals surface area contributed by atoms with E-state index in [9.17, 15) is 9.18 Å².